The molecule has 1 aromatic heterocycles. The lowest BCUT2D eigenvalue weighted by atomic mass is 9.98. The lowest BCUT2D eigenvalue weighted by molar-refractivity contribution is 0.324. The molecule has 0 unspecified atom stereocenters. The van der Waals surface area contributed by atoms with Crippen LogP contribution in [0.5, 0.6) is 23.0 Å². The number of hydrogen-bond acceptors (Lipinski definition) is 6. The monoisotopic (exact) mass is 378 g/mol. The zero-order valence-electron chi connectivity index (χ0n) is 16.4. The fourth-order valence-electron chi connectivity index (χ4n) is 3.22. The van der Waals surface area contributed by atoms with Gasteiger partial charge in [-0.05, 0) is 54.1 Å². The van der Waals surface area contributed by atoms with E-state index in [0.717, 1.165) is 27.6 Å². The van der Waals surface area contributed by atoms with Gasteiger partial charge in [-0.2, -0.15) is 5.26 Å². The van der Waals surface area contributed by atoms with Crippen LogP contribution in [0.25, 0.3) is 10.8 Å². The van der Waals surface area contributed by atoms with E-state index in [9.17, 15) is 5.26 Å². The first kappa shape index (κ1) is 19.3. The molecule has 0 saturated carbocycles. The summed E-state index contributed by atoms with van der Waals surface area (Å²) in [6, 6.07) is 11.7. The van der Waals surface area contributed by atoms with Gasteiger partial charge in [0.2, 0.25) is 5.75 Å². The van der Waals surface area contributed by atoms with E-state index >= 15 is 0 Å². The van der Waals surface area contributed by atoms with Crippen LogP contribution in [0.2, 0.25) is 0 Å². The maximum Gasteiger partial charge on any atom is 0.203 e. The number of pyridine rings is 1. The second kappa shape index (κ2) is 8.49. The second-order valence-corrected chi connectivity index (χ2v) is 6.09. The van der Waals surface area contributed by atoms with Crippen molar-refractivity contribution in [3.8, 4) is 29.1 Å². The van der Waals surface area contributed by atoms with Gasteiger partial charge in [0, 0.05) is 11.6 Å². The van der Waals surface area contributed by atoms with Gasteiger partial charge in [0.05, 0.1) is 27.9 Å². The van der Waals surface area contributed by atoms with Crippen LogP contribution in [0.4, 0.5) is 0 Å². The Morgan fingerprint density at radius 2 is 1.68 bits per heavy atom. The summed E-state index contributed by atoms with van der Waals surface area (Å²) >= 11 is 0. The summed E-state index contributed by atoms with van der Waals surface area (Å²) in [7, 11) is 4.76. The molecular weight excluding hydrogens is 356 g/mol. The molecule has 0 spiro atoms. The number of nitriles is 1. The SMILES string of the molecule is CCOc1ccc2c(Cc3cc(OC)c(OC)c(OC)c3)cnc(C#N)c2c1. The molecule has 0 atom stereocenters. The summed E-state index contributed by atoms with van der Waals surface area (Å²) in [5, 5.41) is 11.2. The zero-order valence-corrected chi connectivity index (χ0v) is 16.4. The van der Waals surface area contributed by atoms with Crippen molar-refractivity contribution in [1.29, 1.82) is 5.26 Å². The molecule has 6 nitrogen and oxygen atoms in total. The normalized spacial score (nSPS) is 10.4. The summed E-state index contributed by atoms with van der Waals surface area (Å²) in [5.74, 6) is 2.47. The number of aromatic nitrogens is 1. The van der Waals surface area contributed by atoms with Crippen LogP contribution in [0.1, 0.15) is 23.7 Å². The molecule has 6 heteroatoms. The van der Waals surface area contributed by atoms with E-state index in [1.165, 1.54) is 0 Å². The van der Waals surface area contributed by atoms with Gasteiger partial charge in [0.15, 0.2) is 11.5 Å². The van der Waals surface area contributed by atoms with Crippen molar-refractivity contribution in [2.45, 2.75) is 13.3 Å². The second-order valence-electron chi connectivity index (χ2n) is 6.09. The van der Waals surface area contributed by atoms with Gasteiger partial charge >= 0.3 is 0 Å². The maximum absolute atomic E-state index is 9.43. The van der Waals surface area contributed by atoms with Crippen LogP contribution in [-0.2, 0) is 6.42 Å². The molecule has 1 heterocycles. The Balaban J connectivity index is 2.09. The van der Waals surface area contributed by atoms with Crippen molar-refractivity contribution < 1.29 is 18.9 Å². The maximum atomic E-state index is 9.43. The van der Waals surface area contributed by atoms with Crippen LogP contribution >= 0.6 is 0 Å². The van der Waals surface area contributed by atoms with E-state index in [4.69, 9.17) is 18.9 Å². The molecule has 0 aliphatic carbocycles. The van der Waals surface area contributed by atoms with Crippen molar-refractivity contribution in [3.63, 3.8) is 0 Å². The average Bonchev–Trinajstić information content (AvgIpc) is 2.73. The molecule has 0 fully saturated rings. The average molecular weight is 378 g/mol. The molecule has 0 saturated heterocycles. The first-order valence-corrected chi connectivity index (χ1v) is 8.88. The van der Waals surface area contributed by atoms with E-state index in [-0.39, 0.29) is 0 Å². The molecule has 0 amide bonds. The molecular formula is C22H22N2O4. The van der Waals surface area contributed by atoms with E-state index in [1.807, 2.05) is 37.3 Å². The van der Waals surface area contributed by atoms with Gasteiger partial charge in [0.25, 0.3) is 0 Å². The summed E-state index contributed by atoms with van der Waals surface area (Å²) < 4.78 is 21.8. The van der Waals surface area contributed by atoms with E-state index < -0.39 is 0 Å². The number of ether oxygens (including phenoxy) is 4. The number of rotatable bonds is 7. The standard InChI is InChI=1S/C22H22N2O4/c1-5-28-16-6-7-17-15(13-24-19(12-23)18(17)11-16)8-14-9-20(25-2)22(27-4)21(10-14)26-3/h6-7,9-11,13H,5,8H2,1-4H3. The van der Waals surface area contributed by atoms with Crippen LogP contribution < -0.4 is 18.9 Å². The minimum Gasteiger partial charge on any atom is -0.494 e. The highest BCUT2D eigenvalue weighted by atomic mass is 16.5. The lowest BCUT2D eigenvalue weighted by Crippen LogP contribution is -1.99. The Hall–Kier alpha value is -3.46. The van der Waals surface area contributed by atoms with E-state index in [1.54, 1.807) is 27.5 Å². The molecule has 0 aliphatic rings. The third-order valence-electron chi connectivity index (χ3n) is 4.48. The van der Waals surface area contributed by atoms with Crippen molar-refractivity contribution in [2.24, 2.45) is 0 Å². The third-order valence-corrected chi connectivity index (χ3v) is 4.48. The molecule has 0 radical (unpaired) electrons. The minimum atomic E-state index is 0.380. The number of nitrogens with zero attached hydrogens (tertiary/aromatic N) is 2. The quantitative estimate of drug-likeness (QED) is 0.616. The largest absolute Gasteiger partial charge is 0.494 e. The van der Waals surface area contributed by atoms with Gasteiger partial charge in [-0.3, -0.25) is 0 Å². The van der Waals surface area contributed by atoms with Gasteiger partial charge < -0.3 is 18.9 Å². The van der Waals surface area contributed by atoms with Gasteiger partial charge in [-0.15, -0.1) is 0 Å². The van der Waals surface area contributed by atoms with Gasteiger partial charge in [-0.25, -0.2) is 4.98 Å². The van der Waals surface area contributed by atoms with Crippen molar-refractivity contribution in [2.75, 3.05) is 27.9 Å². The molecule has 28 heavy (non-hydrogen) atoms. The molecule has 2 aromatic carbocycles. The Kier molecular flexibility index (Phi) is 5.85. The first-order valence-electron chi connectivity index (χ1n) is 8.88. The predicted molar refractivity (Wildman–Crippen MR) is 107 cm³/mol. The highest BCUT2D eigenvalue weighted by Gasteiger charge is 2.15. The molecule has 3 aromatic rings. The zero-order chi connectivity index (χ0) is 20.1. The van der Waals surface area contributed by atoms with Crippen LogP contribution in [0.3, 0.4) is 0 Å². The lowest BCUT2D eigenvalue weighted by Gasteiger charge is -2.15. The summed E-state index contributed by atoms with van der Waals surface area (Å²) in [6.45, 7) is 2.49. The smallest absolute Gasteiger partial charge is 0.203 e. The highest BCUT2D eigenvalue weighted by molar-refractivity contribution is 5.90. The van der Waals surface area contributed by atoms with Crippen LogP contribution in [0, 0.1) is 11.3 Å². The van der Waals surface area contributed by atoms with Gasteiger partial charge in [0.1, 0.15) is 17.5 Å². The predicted octanol–water partition coefficient (Wildman–Crippen LogP) is 4.12. The molecule has 0 aliphatic heterocycles. The van der Waals surface area contributed by atoms with Crippen molar-refractivity contribution >= 4 is 10.8 Å². The number of hydrogen-bond donors (Lipinski definition) is 0. The topological polar surface area (TPSA) is 73.6 Å². The van der Waals surface area contributed by atoms with Crippen LogP contribution in [-0.4, -0.2) is 32.9 Å². The van der Waals surface area contributed by atoms with Crippen molar-refractivity contribution in [1.82, 2.24) is 4.98 Å². The summed E-state index contributed by atoms with van der Waals surface area (Å²) in [4.78, 5) is 4.34. The Morgan fingerprint density at radius 3 is 2.25 bits per heavy atom. The summed E-state index contributed by atoms with van der Waals surface area (Å²) in [5.41, 5.74) is 2.35. The number of fused-ring (bicyclic) bond motifs is 1. The highest BCUT2D eigenvalue weighted by Crippen LogP contribution is 2.39. The first-order chi connectivity index (χ1) is 13.6. The Labute approximate surface area is 164 Å². The van der Waals surface area contributed by atoms with Crippen LogP contribution in [0.15, 0.2) is 36.5 Å². The fraction of sp³-hybridized carbons (Fsp3) is 0.273. The molecule has 0 bridgehead atoms. The third kappa shape index (κ3) is 3.65. The molecule has 0 N–H and O–H groups in total. The van der Waals surface area contributed by atoms with E-state index in [2.05, 4.69) is 11.1 Å². The minimum absolute atomic E-state index is 0.380. The van der Waals surface area contributed by atoms with Crippen molar-refractivity contribution in [3.05, 3.63) is 53.3 Å². The number of benzene rings is 2. The number of methoxy groups -OCH3 is 3. The Morgan fingerprint density at radius 1 is 0.964 bits per heavy atom. The Bertz CT molecular complexity index is 1020. The summed E-state index contributed by atoms with van der Waals surface area (Å²) in [6.07, 6.45) is 2.34. The molecule has 3 rings (SSSR count). The molecule has 144 valence electrons. The fourth-order valence-corrected chi connectivity index (χ4v) is 3.22. The van der Waals surface area contributed by atoms with E-state index in [0.29, 0.717) is 36.0 Å². The van der Waals surface area contributed by atoms with Gasteiger partial charge in [-0.1, -0.05) is 6.07 Å².